The number of morpholine rings is 1. The van der Waals surface area contributed by atoms with Crippen LogP contribution in [-0.4, -0.2) is 65.8 Å². The summed E-state index contributed by atoms with van der Waals surface area (Å²) in [4.78, 5) is 20.8. The molecule has 6 heteroatoms. The lowest BCUT2D eigenvalue weighted by molar-refractivity contribution is -0.0855. The van der Waals surface area contributed by atoms with Crippen molar-refractivity contribution >= 4 is 6.09 Å². The molecule has 27 heavy (non-hydrogen) atoms. The maximum absolute atomic E-state index is 12.4. The number of benzene rings is 1. The van der Waals surface area contributed by atoms with Crippen molar-refractivity contribution in [2.75, 3.05) is 32.8 Å². The van der Waals surface area contributed by atoms with Gasteiger partial charge in [0.05, 0.1) is 18.8 Å². The molecule has 2 fully saturated rings. The fourth-order valence-corrected chi connectivity index (χ4v) is 3.73. The van der Waals surface area contributed by atoms with Crippen LogP contribution in [0.4, 0.5) is 4.79 Å². The van der Waals surface area contributed by atoms with E-state index < -0.39 is 0 Å². The molecule has 3 heterocycles. The monoisotopic (exact) mass is 367 g/mol. The highest BCUT2D eigenvalue weighted by Crippen LogP contribution is 2.20. The van der Waals surface area contributed by atoms with Gasteiger partial charge in [0.25, 0.3) is 0 Å². The zero-order valence-corrected chi connectivity index (χ0v) is 15.4. The summed E-state index contributed by atoms with van der Waals surface area (Å²) in [6.07, 6.45) is 4.51. The molecule has 1 aromatic heterocycles. The number of ether oxygens (including phenoxy) is 2. The van der Waals surface area contributed by atoms with Crippen molar-refractivity contribution in [2.24, 2.45) is 0 Å². The highest BCUT2D eigenvalue weighted by Gasteiger charge is 2.35. The minimum atomic E-state index is -0.240. The lowest BCUT2D eigenvalue weighted by atomic mass is 10.0. The Kier molecular flexibility index (Phi) is 5.65. The van der Waals surface area contributed by atoms with Gasteiger partial charge in [-0.2, -0.15) is 0 Å². The van der Waals surface area contributed by atoms with Gasteiger partial charge in [0, 0.05) is 45.0 Å². The average Bonchev–Trinajstić information content (AvgIpc) is 2.73. The van der Waals surface area contributed by atoms with E-state index in [1.54, 1.807) is 11.1 Å². The first-order valence-corrected chi connectivity index (χ1v) is 9.48. The SMILES string of the molecule is O=C(OCc1ccccc1)N1CCN2C[C@H](Cc3cccnc3)OC[C@@H]2C1. The molecule has 1 amide bonds. The van der Waals surface area contributed by atoms with Gasteiger partial charge >= 0.3 is 6.09 Å². The second-order valence-corrected chi connectivity index (χ2v) is 7.16. The summed E-state index contributed by atoms with van der Waals surface area (Å²) in [6.45, 7) is 4.07. The molecule has 0 saturated carbocycles. The van der Waals surface area contributed by atoms with Crippen molar-refractivity contribution in [1.29, 1.82) is 0 Å². The van der Waals surface area contributed by atoms with Crippen LogP contribution in [0.1, 0.15) is 11.1 Å². The zero-order valence-electron chi connectivity index (χ0n) is 15.4. The van der Waals surface area contributed by atoms with E-state index in [0.29, 0.717) is 26.3 Å². The molecule has 0 bridgehead atoms. The molecule has 2 aliphatic heterocycles. The summed E-state index contributed by atoms with van der Waals surface area (Å²) in [6, 6.07) is 14.1. The molecule has 0 spiro atoms. The Hall–Kier alpha value is -2.44. The Morgan fingerprint density at radius 1 is 1.11 bits per heavy atom. The quantitative estimate of drug-likeness (QED) is 0.830. The lowest BCUT2D eigenvalue weighted by Gasteiger charge is -2.45. The van der Waals surface area contributed by atoms with Gasteiger partial charge in [0.1, 0.15) is 6.61 Å². The minimum Gasteiger partial charge on any atom is -0.445 e. The van der Waals surface area contributed by atoms with E-state index in [-0.39, 0.29) is 18.2 Å². The first-order chi connectivity index (χ1) is 13.3. The number of aromatic nitrogens is 1. The van der Waals surface area contributed by atoms with Crippen LogP contribution in [0.15, 0.2) is 54.9 Å². The molecule has 1 aromatic carbocycles. The fourth-order valence-electron chi connectivity index (χ4n) is 3.73. The number of carbonyl (C=O) groups is 1. The molecular formula is C21H25N3O3. The van der Waals surface area contributed by atoms with E-state index in [1.165, 1.54) is 5.56 Å². The van der Waals surface area contributed by atoms with E-state index in [1.807, 2.05) is 42.6 Å². The number of pyridine rings is 1. The van der Waals surface area contributed by atoms with Crippen molar-refractivity contribution in [2.45, 2.75) is 25.2 Å². The van der Waals surface area contributed by atoms with E-state index in [2.05, 4.69) is 16.0 Å². The van der Waals surface area contributed by atoms with Crippen LogP contribution in [-0.2, 0) is 22.5 Å². The average molecular weight is 367 g/mol. The summed E-state index contributed by atoms with van der Waals surface area (Å²) >= 11 is 0. The zero-order chi connectivity index (χ0) is 18.5. The number of hydrogen-bond donors (Lipinski definition) is 0. The molecule has 0 radical (unpaired) electrons. The van der Waals surface area contributed by atoms with Gasteiger partial charge < -0.3 is 14.4 Å². The number of rotatable bonds is 4. The van der Waals surface area contributed by atoms with E-state index in [4.69, 9.17) is 9.47 Å². The molecule has 142 valence electrons. The lowest BCUT2D eigenvalue weighted by Crippen LogP contribution is -2.61. The van der Waals surface area contributed by atoms with Crippen LogP contribution >= 0.6 is 0 Å². The second-order valence-electron chi connectivity index (χ2n) is 7.16. The van der Waals surface area contributed by atoms with Gasteiger partial charge in [-0.1, -0.05) is 36.4 Å². The van der Waals surface area contributed by atoms with Crippen LogP contribution < -0.4 is 0 Å². The van der Waals surface area contributed by atoms with Gasteiger partial charge in [-0.15, -0.1) is 0 Å². The standard InChI is InChI=1S/C21H25N3O3/c25-21(27-15-17-5-2-1-3-6-17)24-10-9-23-14-20(26-16-19(23)13-24)11-18-7-4-8-22-12-18/h1-8,12,19-20H,9-11,13-16H2/t19-,20-/m0/s1. The molecule has 0 N–H and O–H groups in total. The predicted molar refractivity (Wildman–Crippen MR) is 101 cm³/mol. The molecule has 4 rings (SSSR count). The van der Waals surface area contributed by atoms with E-state index in [0.717, 1.165) is 25.1 Å². The Morgan fingerprint density at radius 3 is 2.78 bits per heavy atom. The third-order valence-electron chi connectivity index (χ3n) is 5.22. The topological polar surface area (TPSA) is 54.9 Å². The molecule has 2 aromatic rings. The summed E-state index contributed by atoms with van der Waals surface area (Å²) in [5.41, 5.74) is 2.20. The van der Waals surface area contributed by atoms with E-state index >= 15 is 0 Å². The molecule has 2 aliphatic rings. The van der Waals surface area contributed by atoms with Crippen LogP contribution in [0.2, 0.25) is 0 Å². The van der Waals surface area contributed by atoms with Gasteiger partial charge in [-0.3, -0.25) is 9.88 Å². The first kappa shape index (κ1) is 17.9. The normalized spacial score (nSPS) is 22.9. The maximum atomic E-state index is 12.4. The number of nitrogens with zero attached hydrogens (tertiary/aromatic N) is 3. The van der Waals surface area contributed by atoms with Crippen LogP contribution in [0.25, 0.3) is 0 Å². The van der Waals surface area contributed by atoms with Gasteiger partial charge in [-0.05, 0) is 17.2 Å². The maximum Gasteiger partial charge on any atom is 0.410 e. The summed E-state index contributed by atoms with van der Waals surface area (Å²) in [5, 5.41) is 0. The van der Waals surface area contributed by atoms with Gasteiger partial charge in [0.2, 0.25) is 0 Å². The number of carbonyl (C=O) groups excluding carboxylic acids is 1. The third kappa shape index (κ3) is 4.64. The molecule has 0 unspecified atom stereocenters. The van der Waals surface area contributed by atoms with Crippen molar-refractivity contribution in [3.63, 3.8) is 0 Å². The van der Waals surface area contributed by atoms with Crippen molar-refractivity contribution in [3.8, 4) is 0 Å². The summed E-state index contributed by atoms with van der Waals surface area (Å²) in [7, 11) is 0. The number of hydrogen-bond acceptors (Lipinski definition) is 5. The van der Waals surface area contributed by atoms with Crippen LogP contribution in [0.3, 0.4) is 0 Å². The van der Waals surface area contributed by atoms with E-state index in [9.17, 15) is 4.79 Å². The predicted octanol–water partition coefficient (Wildman–Crippen LogP) is 2.35. The molecule has 2 saturated heterocycles. The number of fused-ring (bicyclic) bond motifs is 1. The van der Waals surface area contributed by atoms with Gasteiger partial charge in [0.15, 0.2) is 0 Å². The molecule has 0 aliphatic carbocycles. The second kappa shape index (κ2) is 8.50. The van der Waals surface area contributed by atoms with Crippen molar-refractivity contribution in [3.05, 3.63) is 66.0 Å². The van der Waals surface area contributed by atoms with Crippen LogP contribution in [0, 0.1) is 0 Å². The Labute approximate surface area is 159 Å². The largest absolute Gasteiger partial charge is 0.445 e. The number of amides is 1. The third-order valence-corrected chi connectivity index (χ3v) is 5.22. The Morgan fingerprint density at radius 2 is 1.96 bits per heavy atom. The molecular weight excluding hydrogens is 342 g/mol. The summed E-state index contributed by atoms with van der Waals surface area (Å²) in [5.74, 6) is 0. The van der Waals surface area contributed by atoms with Crippen molar-refractivity contribution < 1.29 is 14.3 Å². The Balaban J connectivity index is 1.25. The van der Waals surface area contributed by atoms with Crippen LogP contribution in [0.5, 0.6) is 0 Å². The number of piperazine rings is 1. The highest BCUT2D eigenvalue weighted by molar-refractivity contribution is 5.67. The molecule has 6 nitrogen and oxygen atoms in total. The summed E-state index contributed by atoms with van der Waals surface area (Å²) < 4.78 is 11.5. The Bertz CT molecular complexity index is 741. The minimum absolute atomic E-state index is 0.182. The fraction of sp³-hybridized carbons (Fsp3) is 0.429. The molecule has 2 atom stereocenters. The van der Waals surface area contributed by atoms with Crippen molar-refractivity contribution in [1.82, 2.24) is 14.8 Å². The first-order valence-electron chi connectivity index (χ1n) is 9.48. The van der Waals surface area contributed by atoms with Gasteiger partial charge in [-0.25, -0.2) is 4.79 Å². The smallest absolute Gasteiger partial charge is 0.410 e. The highest BCUT2D eigenvalue weighted by atomic mass is 16.6.